The van der Waals surface area contributed by atoms with Crippen LogP contribution in [-0.2, 0) is 24.6 Å². The molecular formula is C41H34Cl3N3O8. The number of aromatic hydroxyl groups is 1. The molecule has 6 atom stereocenters. The summed E-state index contributed by atoms with van der Waals surface area (Å²) in [6, 6.07) is 20.9. The molecule has 8 rings (SSSR count). The van der Waals surface area contributed by atoms with Crippen molar-refractivity contribution in [2.75, 3.05) is 31.7 Å². The molecule has 4 aliphatic rings. The van der Waals surface area contributed by atoms with Crippen LogP contribution >= 0.6 is 34.8 Å². The first-order chi connectivity index (χ1) is 26.4. The summed E-state index contributed by atoms with van der Waals surface area (Å²) in [4.78, 5) is 60.5. The molecule has 282 valence electrons. The number of anilines is 2. The zero-order chi connectivity index (χ0) is 38.9. The molecule has 0 radical (unpaired) electrons. The number of amides is 4. The molecule has 2 saturated heterocycles. The van der Waals surface area contributed by atoms with E-state index in [0.29, 0.717) is 38.2 Å². The molecule has 2 aliphatic carbocycles. The summed E-state index contributed by atoms with van der Waals surface area (Å²) >= 11 is 18.9. The number of carbonyl (C=O) groups is 4. The third-order valence-electron chi connectivity index (χ3n) is 11.5. The van der Waals surface area contributed by atoms with Crippen LogP contribution in [0.1, 0.15) is 29.9 Å². The van der Waals surface area contributed by atoms with Crippen molar-refractivity contribution in [3.05, 3.63) is 117 Å². The van der Waals surface area contributed by atoms with Crippen molar-refractivity contribution in [1.29, 1.82) is 0 Å². The molecule has 4 aromatic carbocycles. The van der Waals surface area contributed by atoms with Crippen molar-refractivity contribution in [2.24, 2.45) is 23.7 Å². The molecule has 4 aromatic rings. The van der Waals surface area contributed by atoms with E-state index in [0.717, 1.165) is 5.01 Å². The SMILES string of the molecule is COc1ccc([C@@]23C(=O)N(Nc4ccc(Cl)cc4Cl)C(=O)[C@@H]2C[C@@H]2C(=CC[C@@H]4C(=O)N(c5ccc(Cl)cc5)C(=O)[C@@H]42)[C@@H]3c2c(OC)cc(O)cc2OC)cc1. The Balaban J connectivity index is 1.38. The molecule has 55 heavy (non-hydrogen) atoms. The van der Waals surface area contributed by atoms with Crippen LogP contribution < -0.4 is 24.5 Å². The van der Waals surface area contributed by atoms with Crippen LogP contribution in [0.5, 0.6) is 23.0 Å². The lowest BCUT2D eigenvalue weighted by Crippen LogP contribution is -2.53. The summed E-state index contributed by atoms with van der Waals surface area (Å²) in [7, 11) is 4.39. The summed E-state index contributed by atoms with van der Waals surface area (Å²) in [5.74, 6) is -5.51. The lowest BCUT2D eigenvalue weighted by Gasteiger charge is -2.51. The molecule has 0 spiro atoms. The number of benzene rings is 4. The van der Waals surface area contributed by atoms with Crippen LogP contribution in [0.4, 0.5) is 11.4 Å². The fourth-order valence-corrected chi connectivity index (χ4v) is 9.79. The number of hydrogen-bond donors (Lipinski definition) is 2. The Morgan fingerprint density at radius 1 is 0.764 bits per heavy atom. The highest BCUT2D eigenvalue weighted by atomic mass is 35.5. The second-order valence-corrected chi connectivity index (χ2v) is 15.2. The normalized spacial score (nSPS) is 25.6. The summed E-state index contributed by atoms with van der Waals surface area (Å²) in [6.07, 6.45) is 2.16. The smallest absolute Gasteiger partial charge is 0.260 e. The van der Waals surface area contributed by atoms with Gasteiger partial charge in [-0.2, -0.15) is 5.01 Å². The van der Waals surface area contributed by atoms with E-state index < -0.39 is 52.7 Å². The van der Waals surface area contributed by atoms with Gasteiger partial charge in [0.15, 0.2) is 0 Å². The predicted octanol–water partition coefficient (Wildman–Crippen LogP) is 7.57. The summed E-state index contributed by atoms with van der Waals surface area (Å²) < 4.78 is 17.3. The predicted molar refractivity (Wildman–Crippen MR) is 206 cm³/mol. The molecule has 2 aliphatic heterocycles. The molecule has 3 fully saturated rings. The average molecular weight is 803 g/mol. The van der Waals surface area contributed by atoms with Crippen molar-refractivity contribution in [2.45, 2.75) is 24.2 Å². The number of ether oxygens (including phenoxy) is 3. The van der Waals surface area contributed by atoms with E-state index in [-0.39, 0.29) is 46.7 Å². The molecule has 11 nitrogen and oxygen atoms in total. The van der Waals surface area contributed by atoms with Gasteiger partial charge in [0.2, 0.25) is 11.8 Å². The van der Waals surface area contributed by atoms with Crippen molar-refractivity contribution in [3.63, 3.8) is 0 Å². The fourth-order valence-electron chi connectivity index (χ4n) is 9.21. The number of phenolic OH excluding ortho intramolecular Hbond substituents is 1. The number of methoxy groups -OCH3 is 3. The Kier molecular flexibility index (Phi) is 9.22. The average Bonchev–Trinajstić information content (AvgIpc) is 3.56. The Morgan fingerprint density at radius 3 is 2.04 bits per heavy atom. The summed E-state index contributed by atoms with van der Waals surface area (Å²) in [5.41, 5.74) is 3.50. The number of allylic oxidation sites excluding steroid dienone is 2. The van der Waals surface area contributed by atoms with E-state index >= 15 is 9.59 Å². The first-order valence-corrected chi connectivity index (χ1v) is 18.6. The van der Waals surface area contributed by atoms with Gasteiger partial charge in [0, 0.05) is 33.7 Å². The number of imide groups is 2. The highest BCUT2D eigenvalue weighted by Crippen LogP contribution is 2.66. The fraction of sp³-hybridized carbons (Fsp3) is 0.268. The Labute approximate surface area is 331 Å². The molecule has 1 saturated carbocycles. The topological polar surface area (TPSA) is 135 Å². The van der Waals surface area contributed by atoms with Gasteiger partial charge >= 0.3 is 0 Å². The quantitative estimate of drug-likeness (QED) is 0.137. The number of rotatable bonds is 8. The second kappa shape index (κ2) is 13.8. The minimum absolute atomic E-state index is 0.0445. The summed E-state index contributed by atoms with van der Waals surface area (Å²) in [5, 5.41) is 12.7. The molecule has 14 heteroatoms. The van der Waals surface area contributed by atoms with Gasteiger partial charge in [-0.05, 0) is 78.9 Å². The zero-order valence-electron chi connectivity index (χ0n) is 29.7. The maximum absolute atomic E-state index is 15.6. The number of hydrazine groups is 1. The van der Waals surface area contributed by atoms with Gasteiger partial charge in [-0.25, -0.2) is 0 Å². The van der Waals surface area contributed by atoms with E-state index in [9.17, 15) is 14.7 Å². The number of phenols is 1. The number of nitrogens with one attached hydrogen (secondary N) is 1. The van der Waals surface area contributed by atoms with Gasteiger partial charge in [-0.1, -0.05) is 58.6 Å². The van der Waals surface area contributed by atoms with E-state index in [1.807, 2.05) is 6.08 Å². The Morgan fingerprint density at radius 2 is 1.42 bits per heavy atom. The molecular weight excluding hydrogens is 769 g/mol. The standard InChI is InChI=1S/C41H34Cl3N3O8/c1-53-25-11-4-20(5-12-25)41-29(38(50)47(40(41)52)45-31-15-8-22(43)16-30(31)44)19-28-26(36(41)35-32(54-2)17-24(48)18-33(35)55-3)13-14-27-34(28)39(51)46(37(27)49)23-9-6-21(42)7-10-23/h4-13,15-18,27-29,34,36,45,48H,14,19H2,1-3H3/t27-,28+,29-,34-,36+,41+/m0/s1. The number of halogens is 3. The van der Waals surface area contributed by atoms with Gasteiger partial charge in [0.1, 0.15) is 23.0 Å². The maximum Gasteiger partial charge on any atom is 0.260 e. The molecule has 0 bridgehead atoms. The van der Waals surface area contributed by atoms with E-state index in [2.05, 4.69) is 5.43 Å². The number of hydrogen-bond acceptors (Lipinski definition) is 9. The highest BCUT2D eigenvalue weighted by molar-refractivity contribution is 6.36. The van der Waals surface area contributed by atoms with Crippen molar-refractivity contribution >= 4 is 69.8 Å². The molecule has 4 amide bonds. The first-order valence-electron chi connectivity index (χ1n) is 17.5. The summed E-state index contributed by atoms with van der Waals surface area (Å²) in [6.45, 7) is 0. The van der Waals surface area contributed by atoms with E-state index in [1.165, 1.54) is 44.4 Å². The number of nitrogens with zero attached hydrogens (tertiary/aromatic N) is 2. The third kappa shape index (κ3) is 5.54. The molecule has 2 N–H and O–H groups in total. The van der Waals surface area contributed by atoms with E-state index in [1.54, 1.807) is 60.7 Å². The van der Waals surface area contributed by atoms with Gasteiger partial charge in [0.05, 0.1) is 60.9 Å². The van der Waals surface area contributed by atoms with Gasteiger partial charge < -0.3 is 19.3 Å². The third-order valence-corrected chi connectivity index (χ3v) is 12.3. The van der Waals surface area contributed by atoms with Crippen LogP contribution in [-0.4, -0.2) is 55.1 Å². The highest BCUT2D eigenvalue weighted by Gasteiger charge is 2.71. The number of carbonyl (C=O) groups excluding carboxylic acids is 4. The monoisotopic (exact) mass is 801 g/mol. The lowest BCUT2D eigenvalue weighted by molar-refractivity contribution is -0.138. The Hall–Kier alpha value is -5.23. The molecule has 2 heterocycles. The van der Waals surface area contributed by atoms with Crippen LogP contribution in [0.15, 0.2) is 90.5 Å². The van der Waals surface area contributed by atoms with Gasteiger partial charge in [-0.15, -0.1) is 0 Å². The van der Waals surface area contributed by atoms with Crippen molar-refractivity contribution < 1.29 is 38.5 Å². The van der Waals surface area contributed by atoms with Crippen LogP contribution in [0.2, 0.25) is 15.1 Å². The van der Waals surface area contributed by atoms with Gasteiger partial charge in [0.25, 0.3) is 11.8 Å². The second-order valence-electron chi connectivity index (χ2n) is 14.0. The number of fused-ring (bicyclic) bond motifs is 4. The van der Waals surface area contributed by atoms with Crippen LogP contribution in [0.25, 0.3) is 0 Å². The molecule has 0 unspecified atom stereocenters. The maximum atomic E-state index is 15.6. The van der Waals surface area contributed by atoms with Crippen LogP contribution in [0.3, 0.4) is 0 Å². The van der Waals surface area contributed by atoms with Crippen LogP contribution in [0, 0.1) is 23.7 Å². The lowest BCUT2D eigenvalue weighted by atomic mass is 9.49. The first kappa shape index (κ1) is 36.7. The largest absolute Gasteiger partial charge is 0.508 e. The minimum atomic E-state index is -1.68. The minimum Gasteiger partial charge on any atom is -0.508 e. The van der Waals surface area contributed by atoms with Crippen molar-refractivity contribution in [3.8, 4) is 23.0 Å². The van der Waals surface area contributed by atoms with Gasteiger partial charge in [-0.3, -0.25) is 29.5 Å². The Bertz CT molecular complexity index is 2270. The zero-order valence-corrected chi connectivity index (χ0v) is 32.0. The van der Waals surface area contributed by atoms with E-state index in [4.69, 9.17) is 49.0 Å². The van der Waals surface area contributed by atoms with Crippen molar-refractivity contribution in [1.82, 2.24) is 5.01 Å². The molecule has 0 aromatic heterocycles.